The molecule has 0 fully saturated rings. The summed E-state index contributed by atoms with van der Waals surface area (Å²) >= 11 is 0. The van der Waals surface area contributed by atoms with E-state index in [1.54, 1.807) is 0 Å². The molecule has 86 valence electrons. The van der Waals surface area contributed by atoms with Crippen molar-refractivity contribution in [1.29, 1.82) is 0 Å². The number of H-pyrrole nitrogens is 1. The normalized spacial score (nSPS) is 14.2. The van der Waals surface area contributed by atoms with Gasteiger partial charge in [0.25, 0.3) is 0 Å². The quantitative estimate of drug-likeness (QED) is 0.796. The van der Waals surface area contributed by atoms with E-state index in [4.69, 9.17) is 0 Å². The molecule has 0 aliphatic carbocycles. The summed E-state index contributed by atoms with van der Waals surface area (Å²) in [5.74, 6) is 0. The molecule has 2 N–H and O–H groups in total. The van der Waals surface area contributed by atoms with Crippen molar-refractivity contribution in [1.82, 2.24) is 4.98 Å². The Bertz CT molecular complexity index is 479. The average molecular weight is 217 g/mol. The molecule has 0 amide bonds. The lowest BCUT2D eigenvalue weighted by atomic mass is 9.85. The third kappa shape index (κ3) is 2.12. The van der Waals surface area contributed by atoms with Gasteiger partial charge in [-0.1, -0.05) is 39.0 Å². The predicted octanol–water partition coefficient (Wildman–Crippen LogP) is 3.12. The Morgan fingerprint density at radius 2 is 1.94 bits per heavy atom. The van der Waals surface area contributed by atoms with E-state index in [1.165, 1.54) is 10.9 Å². The first-order chi connectivity index (χ1) is 7.48. The fraction of sp³-hybridized carbons (Fsp3) is 0.429. The number of benzene rings is 1. The molecule has 0 bridgehead atoms. The molecule has 2 rings (SSSR count). The molecule has 1 atom stereocenters. The Hall–Kier alpha value is -1.28. The van der Waals surface area contributed by atoms with Crippen molar-refractivity contribution in [2.24, 2.45) is 5.41 Å². The molecule has 1 aromatic carbocycles. The van der Waals surface area contributed by atoms with Gasteiger partial charge in [0.2, 0.25) is 0 Å². The lowest BCUT2D eigenvalue weighted by Crippen LogP contribution is -2.27. The van der Waals surface area contributed by atoms with Crippen LogP contribution in [0.3, 0.4) is 0 Å². The number of rotatable bonds is 2. The number of aromatic nitrogens is 1. The first-order valence-electron chi connectivity index (χ1n) is 5.71. The largest absolute Gasteiger partial charge is 0.392 e. The van der Waals surface area contributed by atoms with Crippen molar-refractivity contribution in [3.8, 4) is 0 Å². The van der Waals surface area contributed by atoms with E-state index in [0.717, 1.165) is 5.52 Å². The van der Waals surface area contributed by atoms with Crippen LogP contribution in [0.4, 0.5) is 0 Å². The SMILES string of the molecule is CC(C)(C)[C@H](O)Cc1c[nH]c2ccccc12. The molecule has 16 heavy (non-hydrogen) atoms. The number of para-hydroxylation sites is 1. The lowest BCUT2D eigenvalue weighted by Gasteiger charge is -2.25. The molecule has 0 aliphatic heterocycles. The molecule has 0 aliphatic rings. The van der Waals surface area contributed by atoms with Crippen LogP contribution < -0.4 is 0 Å². The summed E-state index contributed by atoms with van der Waals surface area (Å²) < 4.78 is 0. The third-order valence-electron chi connectivity index (χ3n) is 3.09. The second kappa shape index (κ2) is 3.95. The number of hydrogen-bond acceptors (Lipinski definition) is 1. The van der Waals surface area contributed by atoms with Crippen molar-refractivity contribution in [3.63, 3.8) is 0 Å². The number of aromatic amines is 1. The summed E-state index contributed by atoms with van der Waals surface area (Å²) in [7, 11) is 0. The van der Waals surface area contributed by atoms with E-state index in [1.807, 2.05) is 18.3 Å². The van der Waals surface area contributed by atoms with Crippen molar-refractivity contribution in [2.75, 3.05) is 0 Å². The van der Waals surface area contributed by atoms with E-state index >= 15 is 0 Å². The summed E-state index contributed by atoms with van der Waals surface area (Å²) in [6, 6.07) is 8.20. The molecule has 0 spiro atoms. The van der Waals surface area contributed by atoms with Gasteiger partial charge < -0.3 is 10.1 Å². The zero-order valence-electron chi connectivity index (χ0n) is 10.1. The van der Waals surface area contributed by atoms with Gasteiger partial charge in [-0.2, -0.15) is 0 Å². The molecule has 1 aromatic heterocycles. The number of nitrogens with one attached hydrogen (secondary N) is 1. The van der Waals surface area contributed by atoms with Crippen LogP contribution in [-0.2, 0) is 6.42 Å². The zero-order chi connectivity index (χ0) is 11.8. The molecular weight excluding hydrogens is 198 g/mol. The van der Waals surface area contributed by atoms with Crippen LogP contribution in [0.1, 0.15) is 26.3 Å². The van der Waals surface area contributed by atoms with Crippen LogP contribution in [0.5, 0.6) is 0 Å². The van der Waals surface area contributed by atoms with E-state index in [9.17, 15) is 5.11 Å². The van der Waals surface area contributed by atoms with Gasteiger partial charge >= 0.3 is 0 Å². The maximum absolute atomic E-state index is 10.1. The number of fused-ring (bicyclic) bond motifs is 1. The molecule has 2 nitrogen and oxygen atoms in total. The van der Waals surface area contributed by atoms with Gasteiger partial charge in [-0.05, 0) is 17.0 Å². The highest BCUT2D eigenvalue weighted by Crippen LogP contribution is 2.25. The minimum Gasteiger partial charge on any atom is -0.392 e. The Morgan fingerprint density at radius 1 is 1.25 bits per heavy atom. The maximum Gasteiger partial charge on any atom is 0.0629 e. The van der Waals surface area contributed by atoms with Crippen molar-refractivity contribution >= 4 is 10.9 Å². The van der Waals surface area contributed by atoms with Crippen LogP contribution in [0.25, 0.3) is 10.9 Å². The van der Waals surface area contributed by atoms with Crippen LogP contribution in [-0.4, -0.2) is 16.2 Å². The molecule has 0 unspecified atom stereocenters. The van der Waals surface area contributed by atoms with E-state index in [0.29, 0.717) is 6.42 Å². The highest BCUT2D eigenvalue weighted by molar-refractivity contribution is 5.83. The molecular formula is C14H19NO. The van der Waals surface area contributed by atoms with Crippen LogP contribution >= 0.6 is 0 Å². The number of hydrogen-bond donors (Lipinski definition) is 2. The second-order valence-corrected chi connectivity index (χ2v) is 5.45. The van der Waals surface area contributed by atoms with Gasteiger partial charge in [-0.15, -0.1) is 0 Å². The van der Waals surface area contributed by atoms with Gasteiger partial charge in [0, 0.05) is 23.5 Å². The van der Waals surface area contributed by atoms with E-state index in [2.05, 4.69) is 37.9 Å². The summed E-state index contributed by atoms with van der Waals surface area (Å²) in [4.78, 5) is 3.23. The smallest absolute Gasteiger partial charge is 0.0629 e. The van der Waals surface area contributed by atoms with Gasteiger partial charge in [-0.3, -0.25) is 0 Å². The maximum atomic E-state index is 10.1. The van der Waals surface area contributed by atoms with Crippen LogP contribution in [0.15, 0.2) is 30.5 Å². The fourth-order valence-corrected chi connectivity index (χ4v) is 1.81. The molecule has 0 saturated heterocycles. The average Bonchev–Trinajstić information content (AvgIpc) is 2.61. The van der Waals surface area contributed by atoms with Gasteiger partial charge in [0.05, 0.1) is 6.10 Å². The fourth-order valence-electron chi connectivity index (χ4n) is 1.81. The minimum absolute atomic E-state index is 0.0711. The highest BCUT2D eigenvalue weighted by Gasteiger charge is 2.23. The van der Waals surface area contributed by atoms with Gasteiger partial charge in [0.15, 0.2) is 0 Å². The van der Waals surface area contributed by atoms with Crippen molar-refractivity contribution < 1.29 is 5.11 Å². The summed E-state index contributed by atoms with van der Waals surface area (Å²) in [6.45, 7) is 6.19. The van der Waals surface area contributed by atoms with Crippen molar-refractivity contribution in [3.05, 3.63) is 36.0 Å². The third-order valence-corrected chi connectivity index (χ3v) is 3.09. The molecule has 2 heteroatoms. The monoisotopic (exact) mass is 217 g/mol. The summed E-state index contributed by atoms with van der Waals surface area (Å²) in [5.41, 5.74) is 2.26. The molecule has 0 saturated carbocycles. The Morgan fingerprint density at radius 3 is 2.62 bits per heavy atom. The standard InChI is InChI=1S/C14H19NO/c1-14(2,3)13(16)8-10-9-15-12-7-5-4-6-11(10)12/h4-7,9,13,15-16H,8H2,1-3H3/t13-/m1/s1. The lowest BCUT2D eigenvalue weighted by molar-refractivity contribution is 0.0639. The molecule has 2 aromatic rings. The zero-order valence-corrected chi connectivity index (χ0v) is 10.1. The second-order valence-electron chi connectivity index (χ2n) is 5.45. The van der Waals surface area contributed by atoms with Gasteiger partial charge in [0.1, 0.15) is 0 Å². The highest BCUT2D eigenvalue weighted by atomic mass is 16.3. The number of aliphatic hydroxyl groups is 1. The topological polar surface area (TPSA) is 36.0 Å². The number of aliphatic hydroxyl groups excluding tert-OH is 1. The minimum atomic E-state index is -0.313. The molecule has 1 heterocycles. The Kier molecular flexibility index (Phi) is 2.76. The predicted molar refractivity (Wildman–Crippen MR) is 67.5 cm³/mol. The van der Waals surface area contributed by atoms with E-state index in [-0.39, 0.29) is 11.5 Å². The van der Waals surface area contributed by atoms with Crippen molar-refractivity contribution in [2.45, 2.75) is 33.3 Å². The first-order valence-corrected chi connectivity index (χ1v) is 5.71. The first kappa shape index (κ1) is 11.2. The Balaban J connectivity index is 2.28. The van der Waals surface area contributed by atoms with Gasteiger partial charge in [-0.25, -0.2) is 0 Å². The molecule has 0 radical (unpaired) electrons. The van der Waals surface area contributed by atoms with E-state index < -0.39 is 0 Å². The summed E-state index contributed by atoms with van der Waals surface area (Å²) in [6.07, 6.45) is 2.39. The van der Waals surface area contributed by atoms with Crippen LogP contribution in [0, 0.1) is 5.41 Å². The van der Waals surface area contributed by atoms with Crippen LogP contribution in [0.2, 0.25) is 0 Å². The summed E-state index contributed by atoms with van der Waals surface area (Å²) in [5, 5.41) is 11.3. The Labute approximate surface area is 96.3 Å².